The van der Waals surface area contributed by atoms with Crippen LogP contribution in [0.4, 0.5) is 10.1 Å². The van der Waals surface area contributed by atoms with Crippen molar-refractivity contribution in [3.8, 4) is 0 Å². The zero-order valence-corrected chi connectivity index (χ0v) is 10.8. The first-order valence-electron chi connectivity index (χ1n) is 5.66. The van der Waals surface area contributed by atoms with Crippen molar-refractivity contribution in [1.29, 1.82) is 0 Å². The van der Waals surface area contributed by atoms with E-state index in [0.717, 1.165) is 6.07 Å². The van der Waals surface area contributed by atoms with Gasteiger partial charge in [-0.25, -0.2) is 9.18 Å². The van der Waals surface area contributed by atoms with Gasteiger partial charge < -0.3 is 15.2 Å². The minimum absolute atomic E-state index is 0.0737. The molecule has 1 aromatic carbocycles. The van der Waals surface area contributed by atoms with Crippen molar-refractivity contribution in [2.75, 3.05) is 18.9 Å². The molecule has 0 aliphatic heterocycles. The molecule has 2 N–H and O–H groups in total. The van der Waals surface area contributed by atoms with Gasteiger partial charge in [-0.1, -0.05) is 0 Å². The van der Waals surface area contributed by atoms with Crippen LogP contribution in [0.25, 0.3) is 0 Å². The van der Waals surface area contributed by atoms with Gasteiger partial charge in [-0.3, -0.25) is 0 Å². The van der Waals surface area contributed by atoms with Gasteiger partial charge in [0.1, 0.15) is 12.4 Å². The van der Waals surface area contributed by atoms with Gasteiger partial charge >= 0.3 is 5.97 Å². The van der Waals surface area contributed by atoms with E-state index in [1.807, 2.05) is 20.8 Å². The average molecular weight is 255 g/mol. The SMILES string of the molecule is CC(C)(C)OCCOC(=O)c1ccc(F)c(N)c1. The molecule has 0 unspecified atom stereocenters. The van der Waals surface area contributed by atoms with Gasteiger partial charge in [0.05, 0.1) is 23.5 Å². The molecule has 0 heterocycles. The second-order valence-corrected chi connectivity index (χ2v) is 4.83. The smallest absolute Gasteiger partial charge is 0.338 e. The second-order valence-electron chi connectivity index (χ2n) is 4.83. The highest BCUT2D eigenvalue weighted by atomic mass is 19.1. The van der Waals surface area contributed by atoms with Crippen molar-refractivity contribution in [2.24, 2.45) is 0 Å². The number of halogens is 1. The fourth-order valence-corrected chi connectivity index (χ4v) is 1.24. The molecule has 4 nitrogen and oxygen atoms in total. The first-order chi connectivity index (χ1) is 8.29. The Morgan fingerprint density at radius 1 is 1.33 bits per heavy atom. The van der Waals surface area contributed by atoms with E-state index in [0.29, 0.717) is 6.61 Å². The summed E-state index contributed by atoms with van der Waals surface area (Å²) in [7, 11) is 0. The van der Waals surface area contributed by atoms with Crippen LogP contribution in [-0.4, -0.2) is 24.8 Å². The molecule has 0 fully saturated rings. The molecule has 0 aromatic heterocycles. The second kappa shape index (κ2) is 5.82. The normalized spacial score (nSPS) is 11.3. The Bertz CT molecular complexity index is 427. The third-order valence-corrected chi connectivity index (χ3v) is 2.08. The van der Waals surface area contributed by atoms with Gasteiger partial charge in [-0.15, -0.1) is 0 Å². The quantitative estimate of drug-likeness (QED) is 0.510. The summed E-state index contributed by atoms with van der Waals surface area (Å²) in [5.41, 5.74) is 5.24. The van der Waals surface area contributed by atoms with Gasteiger partial charge in [0, 0.05) is 0 Å². The molecule has 18 heavy (non-hydrogen) atoms. The van der Waals surface area contributed by atoms with Crippen LogP contribution >= 0.6 is 0 Å². The average Bonchev–Trinajstić information content (AvgIpc) is 2.26. The van der Waals surface area contributed by atoms with Crippen LogP contribution < -0.4 is 5.73 Å². The zero-order valence-electron chi connectivity index (χ0n) is 10.8. The summed E-state index contributed by atoms with van der Waals surface area (Å²) in [6, 6.07) is 3.72. The van der Waals surface area contributed by atoms with Gasteiger partial charge in [0.25, 0.3) is 0 Å². The van der Waals surface area contributed by atoms with Gasteiger partial charge in [-0.05, 0) is 39.0 Å². The van der Waals surface area contributed by atoms with E-state index in [2.05, 4.69) is 0 Å². The van der Waals surface area contributed by atoms with Crippen molar-refractivity contribution in [2.45, 2.75) is 26.4 Å². The summed E-state index contributed by atoms with van der Waals surface area (Å²) >= 11 is 0. The van der Waals surface area contributed by atoms with Crippen molar-refractivity contribution in [3.63, 3.8) is 0 Å². The number of nitrogens with two attached hydrogens (primary N) is 1. The largest absolute Gasteiger partial charge is 0.460 e. The highest BCUT2D eigenvalue weighted by molar-refractivity contribution is 5.90. The third kappa shape index (κ3) is 4.71. The number of carbonyl (C=O) groups is 1. The number of nitrogen functional groups attached to an aromatic ring is 1. The Hall–Kier alpha value is -1.62. The summed E-state index contributed by atoms with van der Waals surface area (Å²) in [6.45, 7) is 6.19. The first kappa shape index (κ1) is 14.4. The van der Waals surface area contributed by atoms with E-state index in [1.54, 1.807) is 0 Å². The predicted molar refractivity (Wildman–Crippen MR) is 66.8 cm³/mol. The van der Waals surface area contributed by atoms with E-state index in [4.69, 9.17) is 15.2 Å². The number of esters is 1. The summed E-state index contributed by atoms with van der Waals surface area (Å²) in [6.07, 6.45) is 0. The van der Waals surface area contributed by atoms with Crippen LogP contribution in [0.3, 0.4) is 0 Å². The van der Waals surface area contributed by atoms with Crippen molar-refractivity contribution < 1.29 is 18.7 Å². The maximum atomic E-state index is 12.9. The molecule has 100 valence electrons. The van der Waals surface area contributed by atoms with Crippen molar-refractivity contribution >= 4 is 11.7 Å². The molecule has 0 spiro atoms. The minimum Gasteiger partial charge on any atom is -0.460 e. The summed E-state index contributed by atoms with van der Waals surface area (Å²) < 4.78 is 23.3. The molecule has 0 saturated heterocycles. The summed E-state index contributed by atoms with van der Waals surface area (Å²) in [4.78, 5) is 11.6. The van der Waals surface area contributed by atoms with E-state index < -0.39 is 11.8 Å². The van der Waals surface area contributed by atoms with E-state index in [9.17, 15) is 9.18 Å². The monoisotopic (exact) mass is 255 g/mol. The van der Waals surface area contributed by atoms with Crippen LogP contribution in [0.15, 0.2) is 18.2 Å². The maximum absolute atomic E-state index is 12.9. The van der Waals surface area contributed by atoms with Gasteiger partial charge in [0.2, 0.25) is 0 Å². The van der Waals surface area contributed by atoms with Crippen LogP contribution in [0.2, 0.25) is 0 Å². The standard InChI is InChI=1S/C13H18FNO3/c1-13(2,3)18-7-6-17-12(16)9-4-5-10(14)11(15)8-9/h4-5,8H,6-7,15H2,1-3H3. The van der Waals surface area contributed by atoms with Gasteiger partial charge in [-0.2, -0.15) is 0 Å². The summed E-state index contributed by atoms with van der Waals surface area (Å²) in [5, 5.41) is 0. The Morgan fingerprint density at radius 2 is 2.00 bits per heavy atom. The molecule has 1 rings (SSSR count). The predicted octanol–water partition coefficient (Wildman–Crippen LogP) is 2.38. The van der Waals surface area contributed by atoms with Crippen LogP contribution in [0, 0.1) is 5.82 Å². The molecular weight excluding hydrogens is 237 g/mol. The number of benzene rings is 1. The van der Waals surface area contributed by atoms with Crippen molar-refractivity contribution in [3.05, 3.63) is 29.6 Å². The molecule has 0 saturated carbocycles. The van der Waals surface area contributed by atoms with Crippen LogP contribution in [0.1, 0.15) is 31.1 Å². The molecule has 0 aliphatic carbocycles. The lowest BCUT2D eigenvalue weighted by Crippen LogP contribution is -2.22. The lowest BCUT2D eigenvalue weighted by atomic mass is 10.2. The number of rotatable bonds is 4. The molecule has 0 amide bonds. The Kier molecular flexibility index (Phi) is 4.67. The highest BCUT2D eigenvalue weighted by Gasteiger charge is 2.12. The van der Waals surface area contributed by atoms with Crippen LogP contribution in [0.5, 0.6) is 0 Å². The molecule has 0 aliphatic rings. The maximum Gasteiger partial charge on any atom is 0.338 e. The van der Waals surface area contributed by atoms with Crippen LogP contribution in [-0.2, 0) is 9.47 Å². The zero-order chi connectivity index (χ0) is 13.8. The number of hydrogen-bond donors (Lipinski definition) is 1. The number of carbonyl (C=O) groups excluding carboxylic acids is 1. The Balaban J connectivity index is 2.43. The number of anilines is 1. The molecule has 0 radical (unpaired) electrons. The number of hydrogen-bond acceptors (Lipinski definition) is 4. The minimum atomic E-state index is -0.553. The topological polar surface area (TPSA) is 61.5 Å². The fourth-order valence-electron chi connectivity index (χ4n) is 1.24. The molecule has 0 bridgehead atoms. The lowest BCUT2D eigenvalue weighted by molar-refractivity contribution is -0.0281. The summed E-state index contributed by atoms with van der Waals surface area (Å²) in [5.74, 6) is -1.10. The Labute approximate surface area is 106 Å². The molecule has 0 atom stereocenters. The number of ether oxygens (including phenoxy) is 2. The van der Waals surface area contributed by atoms with E-state index in [1.165, 1.54) is 12.1 Å². The first-order valence-corrected chi connectivity index (χ1v) is 5.66. The molecule has 5 heteroatoms. The molecule has 1 aromatic rings. The fraction of sp³-hybridized carbons (Fsp3) is 0.462. The lowest BCUT2D eigenvalue weighted by Gasteiger charge is -2.19. The van der Waals surface area contributed by atoms with Gasteiger partial charge in [0.15, 0.2) is 0 Å². The highest BCUT2D eigenvalue weighted by Crippen LogP contribution is 2.13. The third-order valence-electron chi connectivity index (χ3n) is 2.08. The van der Waals surface area contributed by atoms with E-state index in [-0.39, 0.29) is 23.5 Å². The molecular formula is C13H18FNO3. The van der Waals surface area contributed by atoms with Crippen molar-refractivity contribution in [1.82, 2.24) is 0 Å². The van der Waals surface area contributed by atoms with E-state index >= 15 is 0 Å². The Morgan fingerprint density at radius 3 is 2.56 bits per heavy atom.